The molecule has 2 aromatic rings. The zero-order valence-electron chi connectivity index (χ0n) is 14.4. The lowest BCUT2D eigenvalue weighted by Gasteiger charge is -2.19. The van der Waals surface area contributed by atoms with E-state index in [0.29, 0.717) is 18.5 Å². The number of rotatable bonds is 8. The van der Waals surface area contributed by atoms with Crippen molar-refractivity contribution < 1.29 is 14.3 Å². The SMILES string of the molecule is CC(O)CC(CNC(=O)C/C=C/c1ccccc1F)c1ccccc1. The Morgan fingerprint density at radius 1 is 1.16 bits per heavy atom. The predicted molar refractivity (Wildman–Crippen MR) is 98.5 cm³/mol. The fourth-order valence-corrected chi connectivity index (χ4v) is 2.69. The minimum absolute atomic E-state index is 0.0562. The van der Waals surface area contributed by atoms with Gasteiger partial charge in [-0.05, 0) is 25.0 Å². The summed E-state index contributed by atoms with van der Waals surface area (Å²) in [4.78, 5) is 12.0. The molecule has 3 nitrogen and oxygen atoms in total. The first-order chi connectivity index (χ1) is 12.1. The third-order valence-corrected chi connectivity index (χ3v) is 3.95. The van der Waals surface area contributed by atoms with Gasteiger partial charge in [0.05, 0.1) is 6.10 Å². The molecule has 1 amide bonds. The molecule has 0 aromatic heterocycles. The molecule has 2 unspecified atom stereocenters. The molecule has 0 saturated heterocycles. The topological polar surface area (TPSA) is 49.3 Å². The van der Waals surface area contributed by atoms with Gasteiger partial charge in [0.2, 0.25) is 5.91 Å². The van der Waals surface area contributed by atoms with Crippen molar-refractivity contribution in [1.82, 2.24) is 5.32 Å². The molecule has 25 heavy (non-hydrogen) atoms. The summed E-state index contributed by atoms with van der Waals surface area (Å²) >= 11 is 0. The molecule has 2 rings (SSSR count). The average molecular weight is 341 g/mol. The zero-order chi connectivity index (χ0) is 18.1. The molecule has 0 aliphatic carbocycles. The Morgan fingerprint density at radius 2 is 1.84 bits per heavy atom. The summed E-state index contributed by atoms with van der Waals surface area (Å²) in [6.07, 6.45) is 3.59. The van der Waals surface area contributed by atoms with E-state index in [-0.39, 0.29) is 24.1 Å². The van der Waals surface area contributed by atoms with E-state index in [9.17, 15) is 14.3 Å². The normalized spacial score (nSPS) is 13.6. The van der Waals surface area contributed by atoms with E-state index < -0.39 is 6.10 Å². The number of amides is 1. The minimum Gasteiger partial charge on any atom is -0.393 e. The van der Waals surface area contributed by atoms with Crippen LogP contribution in [0.4, 0.5) is 4.39 Å². The third kappa shape index (κ3) is 6.51. The maximum atomic E-state index is 13.5. The van der Waals surface area contributed by atoms with E-state index in [4.69, 9.17) is 0 Å². The van der Waals surface area contributed by atoms with Gasteiger partial charge in [0.15, 0.2) is 0 Å². The lowest BCUT2D eigenvalue weighted by atomic mass is 9.93. The third-order valence-electron chi connectivity index (χ3n) is 3.95. The lowest BCUT2D eigenvalue weighted by Crippen LogP contribution is -2.29. The number of carbonyl (C=O) groups excluding carboxylic acids is 1. The lowest BCUT2D eigenvalue weighted by molar-refractivity contribution is -0.120. The summed E-state index contributed by atoms with van der Waals surface area (Å²) in [6, 6.07) is 16.3. The Morgan fingerprint density at radius 3 is 2.52 bits per heavy atom. The Kier molecular flexibility index (Phi) is 7.36. The number of hydrogen-bond donors (Lipinski definition) is 2. The van der Waals surface area contributed by atoms with Crippen LogP contribution >= 0.6 is 0 Å². The molecule has 0 aliphatic rings. The largest absolute Gasteiger partial charge is 0.393 e. The Hall–Kier alpha value is -2.46. The molecule has 4 heteroatoms. The number of aliphatic hydroxyl groups excluding tert-OH is 1. The molecular formula is C21H24FNO2. The number of benzene rings is 2. The van der Waals surface area contributed by atoms with Crippen LogP contribution in [0, 0.1) is 5.82 Å². The van der Waals surface area contributed by atoms with E-state index in [0.717, 1.165) is 5.56 Å². The summed E-state index contributed by atoms with van der Waals surface area (Å²) in [5.74, 6) is -0.375. The van der Waals surface area contributed by atoms with Crippen molar-refractivity contribution >= 4 is 12.0 Å². The van der Waals surface area contributed by atoms with E-state index in [1.807, 2.05) is 30.3 Å². The summed E-state index contributed by atoms with van der Waals surface area (Å²) < 4.78 is 13.5. The van der Waals surface area contributed by atoms with Crippen molar-refractivity contribution in [3.05, 3.63) is 77.6 Å². The molecule has 2 aromatic carbocycles. The minimum atomic E-state index is -0.442. The zero-order valence-corrected chi connectivity index (χ0v) is 14.4. The van der Waals surface area contributed by atoms with E-state index in [1.54, 1.807) is 37.3 Å². The fourth-order valence-electron chi connectivity index (χ4n) is 2.69. The van der Waals surface area contributed by atoms with Crippen LogP contribution < -0.4 is 5.32 Å². The van der Waals surface area contributed by atoms with E-state index in [2.05, 4.69) is 5.32 Å². The second-order valence-corrected chi connectivity index (χ2v) is 6.12. The molecule has 0 fully saturated rings. The van der Waals surface area contributed by atoms with Crippen LogP contribution in [0.2, 0.25) is 0 Å². The summed E-state index contributed by atoms with van der Waals surface area (Å²) in [6.45, 7) is 2.20. The van der Waals surface area contributed by atoms with Crippen LogP contribution in [0.25, 0.3) is 6.08 Å². The van der Waals surface area contributed by atoms with Crippen LogP contribution in [0.5, 0.6) is 0 Å². The van der Waals surface area contributed by atoms with Gasteiger partial charge in [-0.2, -0.15) is 0 Å². The molecule has 132 valence electrons. The molecular weight excluding hydrogens is 317 g/mol. The highest BCUT2D eigenvalue weighted by Crippen LogP contribution is 2.20. The van der Waals surface area contributed by atoms with E-state index in [1.165, 1.54) is 6.07 Å². The van der Waals surface area contributed by atoms with Crippen molar-refractivity contribution in [2.24, 2.45) is 0 Å². The molecule has 0 bridgehead atoms. The van der Waals surface area contributed by atoms with Gasteiger partial charge in [0.25, 0.3) is 0 Å². The highest BCUT2D eigenvalue weighted by atomic mass is 19.1. The van der Waals surface area contributed by atoms with Crippen LogP contribution in [-0.4, -0.2) is 23.7 Å². The van der Waals surface area contributed by atoms with Crippen molar-refractivity contribution in [2.75, 3.05) is 6.54 Å². The molecule has 0 radical (unpaired) electrons. The van der Waals surface area contributed by atoms with Crippen molar-refractivity contribution in [3.8, 4) is 0 Å². The number of aliphatic hydroxyl groups is 1. The summed E-state index contributed by atoms with van der Waals surface area (Å²) in [5.41, 5.74) is 1.55. The molecule has 0 saturated carbocycles. The Bertz CT molecular complexity index is 698. The predicted octanol–water partition coefficient (Wildman–Crippen LogP) is 3.90. The molecule has 0 aliphatic heterocycles. The maximum absolute atomic E-state index is 13.5. The van der Waals surface area contributed by atoms with Gasteiger partial charge in [-0.1, -0.05) is 60.7 Å². The Balaban J connectivity index is 1.87. The average Bonchev–Trinajstić information content (AvgIpc) is 2.61. The first-order valence-corrected chi connectivity index (χ1v) is 8.47. The maximum Gasteiger partial charge on any atom is 0.223 e. The van der Waals surface area contributed by atoms with Gasteiger partial charge in [0.1, 0.15) is 5.82 Å². The van der Waals surface area contributed by atoms with Gasteiger partial charge in [-0.25, -0.2) is 4.39 Å². The first kappa shape index (κ1) is 18.9. The standard InChI is InChI=1S/C21H24FNO2/c1-16(24)14-19(17-8-3-2-4-9-17)15-23-21(25)13-7-11-18-10-5-6-12-20(18)22/h2-12,16,19,24H,13-15H2,1H3,(H,23,25)/b11-7+. The number of nitrogens with one attached hydrogen (secondary N) is 1. The highest BCUT2D eigenvalue weighted by Gasteiger charge is 2.15. The summed E-state index contributed by atoms with van der Waals surface area (Å²) in [5, 5.41) is 12.6. The molecule has 0 spiro atoms. The monoisotopic (exact) mass is 341 g/mol. The summed E-state index contributed by atoms with van der Waals surface area (Å²) in [7, 11) is 0. The fraction of sp³-hybridized carbons (Fsp3) is 0.286. The van der Waals surface area contributed by atoms with Gasteiger partial charge >= 0.3 is 0 Å². The van der Waals surface area contributed by atoms with Gasteiger partial charge in [-0.3, -0.25) is 4.79 Å². The highest BCUT2D eigenvalue weighted by molar-refractivity contribution is 5.78. The van der Waals surface area contributed by atoms with Gasteiger partial charge < -0.3 is 10.4 Å². The number of carbonyl (C=O) groups is 1. The number of halogens is 1. The van der Waals surface area contributed by atoms with Crippen molar-refractivity contribution in [1.29, 1.82) is 0 Å². The quantitative estimate of drug-likeness (QED) is 0.765. The van der Waals surface area contributed by atoms with Crippen LogP contribution in [0.1, 0.15) is 36.8 Å². The van der Waals surface area contributed by atoms with Crippen LogP contribution in [-0.2, 0) is 4.79 Å². The molecule has 2 N–H and O–H groups in total. The Labute approximate surface area is 148 Å². The number of hydrogen-bond acceptors (Lipinski definition) is 2. The second kappa shape index (κ2) is 9.74. The smallest absolute Gasteiger partial charge is 0.223 e. The molecule has 0 heterocycles. The second-order valence-electron chi connectivity index (χ2n) is 6.12. The van der Waals surface area contributed by atoms with Gasteiger partial charge in [0, 0.05) is 24.4 Å². The van der Waals surface area contributed by atoms with Crippen molar-refractivity contribution in [2.45, 2.75) is 31.8 Å². The van der Waals surface area contributed by atoms with Gasteiger partial charge in [-0.15, -0.1) is 0 Å². The molecule has 2 atom stereocenters. The van der Waals surface area contributed by atoms with E-state index >= 15 is 0 Å². The van der Waals surface area contributed by atoms with Crippen LogP contribution in [0.3, 0.4) is 0 Å². The van der Waals surface area contributed by atoms with Crippen molar-refractivity contribution in [3.63, 3.8) is 0 Å². The first-order valence-electron chi connectivity index (χ1n) is 8.47. The van der Waals surface area contributed by atoms with Crippen LogP contribution in [0.15, 0.2) is 60.7 Å².